The zero-order chi connectivity index (χ0) is 22.6. The highest BCUT2D eigenvalue weighted by molar-refractivity contribution is 6.17. The molecule has 0 bridgehead atoms. The Labute approximate surface area is 188 Å². The average Bonchev–Trinajstić information content (AvgIpc) is 3.39. The third kappa shape index (κ3) is 2.93. The Morgan fingerprint density at radius 1 is 1.12 bits per heavy atom. The molecule has 1 amide bonds. The Morgan fingerprint density at radius 3 is 2.44 bits per heavy atom. The van der Waals surface area contributed by atoms with E-state index in [0.717, 1.165) is 30.0 Å². The van der Waals surface area contributed by atoms with Gasteiger partial charge >= 0.3 is 5.91 Å². The fourth-order valence-electron chi connectivity index (χ4n) is 6.17. The maximum atomic E-state index is 14.0. The molecule has 0 spiro atoms. The number of nitrogens with zero attached hydrogens (tertiary/aromatic N) is 2. The van der Waals surface area contributed by atoms with Gasteiger partial charge in [0.2, 0.25) is 5.78 Å². The molecule has 32 heavy (non-hydrogen) atoms. The Bertz CT molecular complexity index is 1110. The van der Waals surface area contributed by atoms with Crippen molar-refractivity contribution < 1.29 is 9.59 Å². The largest absolute Gasteiger partial charge is 0.384 e. The number of hydrogen-bond acceptors (Lipinski definition) is 4. The van der Waals surface area contributed by atoms with Crippen molar-refractivity contribution in [3.63, 3.8) is 0 Å². The zero-order valence-corrected chi connectivity index (χ0v) is 18.3. The van der Waals surface area contributed by atoms with Crippen molar-refractivity contribution in [1.29, 1.82) is 5.41 Å². The lowest BCUT2D eigenvalue weighted by Gasteiger charge is -2.33. The quantitative estimate of drug-likeness (QED) is 0.331. The van der Waals surface area contributed by atoms with Gasteiger partial charge in [-0.2, -0.15) is 0 Å². The van der Waals surface area contributed by atoms with E-state index < -0.39 is 5.92 Å². The molecule has 2 aromatic carbocycles. The van der Waals surface area contributed by atoms with Gasteiger partial charge in [0.1, 0.15) is 17.4 Å². The number of rotatable bonds is 5. The Morgan fingerprint density at radius 2 is 1.81 bits per heavy atom. The summed E-state index contributed by atoms with van der Waals surface area (Å²) < 4.78 is 0.105. The molecule has 0 aliphatic carbocycles. The third-order valence-corrected chi connectivity index (χ3v) is 7.68. The summed E-state index contributed by atoms with van der Waals surface area (Å²) in [4.78, 5) is 30.1. The second-order valence-corrected chi connectivity index (χ2v) is 9.50. The molecule has 6 heteroatoms. The van der Waals surface area contributed by atoms with Gasteiger partial charge in [-0.3, -0.25) is 10.2 Å². The van der Waals surface area contributed by atoms with E-state index in [2.05, 4.69) is 11.5 Å². The number of carbonyl (C=O) groups excluding carboxylic acids is 2. The number of nitrogens with one attached hydrogen (secondary N) is 1. The molecule has 0 saturated carbocycles. The molecule has 3 aliphatic rings. The van der Waals surface area contributed by atoms with Gasteiger partial charge in [0.25, 0.3) is 0 Å². The normalized spacial score (nSPS) is 31.0. The fourth-order valence-corrected chi connectivity index (χ4v) is 6.17. The van der Waals surface area contributed by atoms with Crippen LogP contribution in [0, 0.1) is 23.2 Å². The third-order valence-electron chi connectivity index (χ3n) is 7.68. The maximum absolute atomic E-state index is 14.0. The molecule has 3 aliphatic heterocycles. The predicted molar refractivity (Wildman–Crippen MR) is 125 cm³/mol. The highest BCUT2D eigenvalue weighted by Gasteiger charge is 2.71. The molecule has 3 heterocycles. The molecule has 164 valence electrons. The van der Waals surface area contributed by atoms with Gasteiger partial charge in [-0.25, -0.2) is 9.28 Å². The number of nitrogens with two attached hydrogens (primary N) is 1. The monoisotopic (exact) mass is 429 g/mol. The number of amidine groups is 1. The van der Waals surface area contributed by atoms with Crippen LogP contribution in [0.5, 0.6) is 0 Å². The van der Waals surface area contributed by atoms with E-state index in [0.29, 0.717) is 18.5 Å². The van der Waals surface area contributed by atoms with Crippen molar-refractivity contribution in [2.24, 2.45) is 23.5 Å². The Kier molecular flexibility index (Phi) is 4.78. The molecule has 2 aromatic rings. The number of hydrogen-bond donors (Lipinski definition) is 2. The van der Waals surface area contributed by atoms with E-state index in [1.807, 2.05) is 49.4 Å². The molecular formula is C26H29N4O2+. The number of amides is 1. The van der Waals surface area contributed by atoms with Gasteiger partial charge in [-0.1, -0.05) is 36.9 Å². The highest BCUT2D eigenvalue weighted by Crippen LogP contribution is 2.51. The lowest BCUT2D eigenvalue weighted by molar-refractivity contribution is -0.131. The van der Waals surface area contributed by atoms with Crippen molar-refractivity contribution >= 4 is 23.2 Å². The number of Topliss-reactive ketones (excluding diaryl/α,β-unsaturated/α-hetero) is 1. The molecule has 5 unspecified atom stereocenters. The number of likely N-dealkylation sites (tertiary alicyclic amines) is 1. The van der Waals surface area contributed by atoms with Crippen LogP contribution in [-0.4, -0.2) is 48.1 Å². The summed E-state index contributed by atoms with van der Waals surface area (Å²) in [5.41, 5.74) is 9.13. The smallest absolute Gasteiger partial charge is 0.330 e. The van der Waals surface area contributed by atoms with Crippen LogP contribution in [0.4, 0.5) is 5.69 Å². The van der Waals surface area contributed by atoms with Crippen LogP contribution in [-0.2, 0) is 16.0 Å². The highest BCUT2D eigenvalue weighted by atomic mass is 16.2. The van der Waals surface area contributed by atoms with Gasteiger partial charge in [0.15, 0.2) is 6.04 Å². The van der Waals surface area contributed by atoms with Crippen molar-refractivity contribution in [2.45, 2.75) is 19.4 Å². The van der Waals surface area contributed by atoms with Crippen LogP contribution < -0.4 is 10.2 Å². The molecule has 6 nitrogen and oxygen atoms in total. The molecule has 3 N–H and O–H groups in total. The molecular weight excluding hydrogens is 400 g/mol. The lowest BCUT2D eigenvalue weighted by atomic mass is 9.86. The van der Waals surface area contributed by atoms with Crippen molar-refractivity contribution in [2.75, 3.05) is 19.6 Å². The van der Waals surface area contributed by atoms with Gasteiger partial charge in [0, 0.05) is 48.3 Å². The zero-order valence-electron chi connectivity index (χ0n) is 18.3. The van der Waals surface area contributed by atoms with Gasteiger partial charge < -0.3 is 10.6 Å². The Balaban J connectivity index is 1.57. The van der Waals surface area contributed by atoms with Gasteiger partial charge in [-0.15, -0.1) is 0 Å². The molecule has 0 aromatic heterocycles. The van der Waals surface area contributed by atoms with E-state index in [9.17, 15) is 9.59 Å². The molecule has 5 atom stereocenters. The van der Waals surface area contributed by atoms with Crippen LogP contribution in [0.2, 0.25) is 0 Å². The first-order valence-corrected chi connectivity index (χ1v) is 11.2. The van der Waals surface area contributed by atoms with Crippen LogP contribution in [0.15, 0.2) is 66.9 Å². The summed E-state index contributed by atoms with van der Waals surface area (Å²) in [6.07, 6.45) is 0.447. The van der Waals surface area contributed by atoms with Crippen molar-refractivity contribution in [3.05, 3.63) is 78.0 Å². The number of allylic oxidation sites excluding steroid dienone is 1. The topological polar surface area (TPSA) is 87.2 Å². The number of carbonyl (C=O) groups is 2. The summed E-state index contributed by atoms with van der Waals surface area (Å²) in [5.74, 6) is -0.142. The standard InChI is InChI=1S/C26H29N4O2/c1-16(2)29-13-19-15-30(20-10-8-18(9-11-20)25(27)28)23(22(19)14-29)24(31)21(26(30)32)12-17-6-4-3-5-7-17/h3-11,19,21-23H,1,12-15H2,2H3,(H3,27,28)/q+1. The van der Waals surface area contributed by atoms with E-state index in [1.165, 1.54) is 0 Å². The molecule has 5 rings (SSSR count). The van der Waals surface area contributed by atoms with Crippen LogP contribution in [0.1, 0.15) is 18.1 Å². The van der Waals surface area contributed by atoms with Crippen LogP contribution in [0.3, 0.4) is 0 Å². The van der Waals surface area contributed by atoms with E-state index in [4.69, 9.17) is 11.1 Å². The summed E-state index contributed by atoms with van der Waals surface area (Å²) in [5, 5.41) is 7.69. The van der Waals surface area contributed by atoms with Crippen molar-refractivity contribution in [1.82, 2.24) is 9.38 Å². The number of nitrogen functional groups attached to an aromatic ring is 1. The summed E-state index contributed by atoms with van der Waals surface area (Å²) in [7, 11) is 0. The Hall–Kier alpha value is -3.25. The minimum absolute atomic E-state index is 0.00531. The number of fused-ring (bicyclic) bond motifs is 3. The lowest BCUT2D eigenvalue weighted by Crippen LogP contribution is -2.56. The van der Waals surface area contributed by atoms with E-state index in [1.54, 1.807) is 12.1 Å². The molecule has 3 fully saturated rings. The number of ketones is 1. The first kappa shape index (κ1) is 20.6. The second-order valence-electron chi connectivity index (χ2n) is 9.50. The van der Waals surface area contributed by atoms with Gasteiger partial charge in [-0.05, 0) is 31.0 Å². The molecule has 0 radical (unpaired) electrons. The van der Waals surface area contributed by atoms with Crippen molar-refractivity contribution in [3.8, 4) is 0 Å². The minimum atomic E-state index is -0.630. The van der Waals surface area contributed by atoms with Gasteiger partial charge in [0.05, 0.1) is 6.54 Å². The predicted octanol–water partition coefficient (Wildman–Crippen LogP) is 2.71. The summed E-state index contributed by atoms with van der Waals surface area (Å²) in [6.45, 7) is 8.34. The molecule has 3 saturated heterocycles. The SMILES string of the molecule is C=C(C)N1CC2C[N+]3(c4ccc(C(=N)N)cc4)C(=O)C(Cc4ccccc4)C(=O)C3C2C1. The first-order valence-electron chi connectivity index (χ1n) is 11.2. The minimum Gasteiger partial charge on any atom is -0.384 e. The summed E-state index contributed by atoms with van der Waals surface area (Å²) in [6, 6.07) is 16.8. The maximum Gasteiger partial charge on any atom is 0.330 e. The first-order chi connectivity index (χ1) is 15.3. The fraction of sp³-hybridized carbons (Fsp3) is 0.346. The second kappa shape index (κ2) is 7.41. The average molecular weight is 430 g/mol. The van der Waals surface area contributed by atoms with E-state index >= 15 is 0 Å². The number of benzene rings is 2. The van der Waals surface area contributed by atoms with Crippen LogP contribution >= 0.6 is 0 Å². The summed E-state index contributed by atoms with van der Waals surface area (Å²) >= 11 is 0. The van der Waals surface area contributed by atoms with Crippen LogP contribution in [0.25, 0.3) is 0 Å². The number of quaternary nitrogens is 1. The van der Waals surface area contributed by atoms with E-state index in [-0.39, 0.29) is 39.9 Å².